The van der Waals surface area contributed by atoms with Gasteiger partial charge in [0.25, 0.3) is 0 Å². The van der Waals surface area contributed by atoms with Gasteiger partial charge in [-0.2, -0.15) is 0 Å². The first-order chi connectivity index (χ1) is 12.8. The number of hydrogen-bond donors (Lipinski definition) is 1. The molecule has 0 fully saturated rings. The highest BCUT2D eigenvalue weighted by Crippen LogP contribution is 2.42. The molecule has 0 spiro atoms. The molecule has 2 rings (SSSR count). The maximum Gasteiger partial charge on any atom is 0.316 e. The molecule has 0 saturated carbocycles. The Morgan fingerprint density at radius 2 is 1.96 bits per heavy atom. The fourth-order valence-corrected chi connectivity index (χ4v) is 3.60. The number of carbonyl (C=O) groups is 2. The molecule has 1 aliphatic rings. The van der Waals surface area contributed by atoms with Crippen LogP contribution in [0.15, 0.2) is 46.7 Å². The number of aliphatic hydroxyl groups excluding tert-OH is 1. The molecule has 1 aromatic rings. The standard InChI is InChI=1S/C22H29NO4/c1-5-9-16(23-13-12-15-10-7-6-8-11-15)18-17(24)14-22(2,3)19(20(18)25)21(26)27-4/h6-8,10-11,19,25H,5,9,12-14H2,1-4H3/t19-/m0/s1. The second-order valence-electron chi connectivity index (χ2n) is 7.62. The number of allylic oxidation sites excluding steroid dienone is 1. The zero-order chi connectivity index (χ0) is 20.0. The number of Topliss-reactive ketones (excluding diaryl/α,β-unsaturated/α-hetero) is 1. The van der Waals surface area contributed by atoms with Gasteiger partial charge >= 0.3 is 5.97 Å². The lowest BCUT2D eigenvalue weighted by Gasteiger charge is -2.36. The minimum Gasteiger partial charge on any atom is -0.511 e. The quantitative estimate of drug-likeness (QED) is 0.579. The molecule has 1 atom stereocenters. The van der Waals surface area contributed by atoms with Crippen LogP contribution in [0.1, 0.15) is 45.6 Å². The summed E-state index contributed by atoms with van der Waals surface area (Å²) in [6.07, 6.45) is 2.30. The van der Waals surface area contributed by atoms with Gasteiger partial charge in [-0.3, -0.25) is 14.6 Å². The highest BCUT2D eigenvalue weighted by molar-refractivity contribution is 6.23. The monoisotopic (exact) mass is 371 g/mol. The number of esters is 1. The van der Waals surface area contributed by atoms with E-state index in [4.69, 9.17) is 4.74 Å². The average molecular weight is 371 g/mol. The van der Waals surface area contributed by atoms with Crippen molar-refractivity contribution in [3.05, 3.63) is 47.2 Å². The number of aliphatic imine (C=N–C) groups is 1. The minimum absolute atomic E-state index is 0.162. The van der Waals surface area contributed by atoms with Gasteiger partial charge in [0.15, 0.2) is 5.78 Å². The van der Waals surface area contributed by atoms with Crippen LogP contribution in [0, 0.1) is 11.3 Å². The van der Waals surface area contributed by atoms with Crippen LogP contribution in [0.25, 0.3) is 0 Å². The van der Waals surface area contributed by atoms with Gasteiger partial charge in [-0.05, 0) is 23.8 Å². The first kappa shape index (κ1) is 20.9. The Balaban J connectivity index is 2.36. The van der Waals surface area contributed by atoms with Crippen molar-refractivity contribution in [2.24, 2.45) is 16.3 Å². The molecule has 0 heterocycles. The third kappa shape index (κ3) is 4.85. The lowest BCUT2D eigenvalue weighted by Crippen LogP contribution is -2.41. The summed E-state index contributed by atoms with van der Waals surface area (Å²) >= 11 is 0. The van der Waals surface area contributed by atoms with Crippen molar-refractivity contribution < 1.29 is 19.4 Å². The van der Waals surface area contributed by atoms with Crippen molar-refractivity contribution in [3.63, 3.8) is 0 Å². The summed E-state index contributed by atoms with van der Waals surface area (Å²) in [5.41, 5.74) is 1.26. The Bertz CT molecular complexity index is 747. The van der Waals surface area contributed by atoms with Crippen molar-refractivity contribution in [2.75, 3.05) is 13.7 Å². The molecule has 0 aliphatic heterocycles. The molecule has 0 aromatic heterocycles. The Kier molecular flexibility index (Phi) is 6.94. The number of rotatable bonds is 7. The molecule has 0 amide bonds. The molecule has 5 nitrogen and oxygen atoms in total. The largest absolute Gasteiger partial charge is 0.511 e. The normalized spacial score (nSPS) is 19.9. The molecule has 1 aliphatic carbocycles. The molecule has 0 saturated heterocycles. The predicted molar refractivity (Wildman–Crippen MR) is 106 cm³/mol. The average Bonchev–Trinajstić information content (AvgIpc) is 2.61. The van der Waals surface area contributed by atoms with Gasteiger partial charge < -0.3 is 9.84 Å². The third-order valence-electron chi connectivity index (χ3n) is 4.96. The zero-order valence-corrected chi connectivity index (χ0v) is 16.6. The second kappa shape index (κ2) is 8.98. The first-order valence-corrected chi connectivity index (χ1v) is 9.43. The fraction of sp³-hybridized carbons (Fsp3) is 0.500. The van der Waals surface area contributed by atoms with E-state index in [0.29, 0.717) is 18.7 Å². The number of methoxy groups -OCH3 is 1. The zero-order valence-electron chi connectivity index (χ0n) is 16.6. The van der Waals surface area contributed by atoms with Crippen molar-refractivity contribution in [1.29, 1.82) is 0 Å². The van der Waals surface area contributed by atoms with Gasteiger partial charge in [-0.1, -0.05) is 57.5 Å². The number of hydrogen-bond acceptors (Lipinski definition) is 5. The number of ketones is 1. The van der Waals surface area contributed by atoms with Crippen LogP contribution in [0.2, 0.25) is 0 Å². The van der Waals surface area contributed by atoms with Crippen molar-refractivity contribution in [2.45, 2.75) is 46.5 Å². The van der Waals surface area contributed by atoms with Crippen LogP contribution in [0.4, 0.5) is 0 Å². The number of benzene rings is 1. The van der Waals surface area contributed by atoms with E-state index in [1.54, 1.807) is 13.8 Å². The molecular weight excluding hydrogens is 342 g/mol. The van der Waals surface area contributed by atoms with Crippen molar-refractivity contribution in [3.8, 4) is 0 Å². The van der Waals surface area contributed by atoms with E-state index in [1.807, 2.05) is 37.3 Å². The van der Waals surface area contributed by atoms with Gasteiger partial charge in [0.2, 0.25) is 0 Å². The van der Waals surface area contributed by atoms with Gasteiger partial charge in [-0.25, -0.2) is 0 Å². The summed E-state index contributed by atoms with van der Waals surface area (Å²) in [5.74, 6) is -1.74. The lowest BCUT2D eigenvalue weighted by molar-refractivity contribution is -0.150. The summed E-state index contributed by atoms with van der Waals surface area (Å²) in [6, 6.07) is 10.00. The second-order valence-corrected chi connectivity index (χ2v) is 7.62. The highest BCUT2D eigenvalue weighted by atomic mass is 16.5. The van der Waals surface area contributed by atoms with Crippen LogP contribution in [0.5, 0.6) is 0 Å². The van der Waals surface area contributed by atoms with Crippen LogP contribution < -0.4 is 0 Å². The number of carbonyl (C=O) groups excluding carboxylic acids is 2. The first-order valence-electron chi connectivity index (χ1n) is 9.43. The minimum atomic E-state index is -0.855. The van der Waals surface area contributed by atoms with Crippen LogP contribution in [-0.2, 0) is 20.7 Å². The summed E-state index contributed by atoms with van der Waals surface area (Å²) in [7, 11) is 1.29. The summed E-state index contributed by atoms with van der Waals surface area (Å²) in [5, 5.41) is 10.8. The van der Waals surface area contributed by atoms with Gasteiger partial charge in [0.1, 0.15) is 11.7 Å². The summed E-state index contributed by atoms with van der Waals surface area (Å²) in [4.78, 5) is 29.7. The van der Waals surface area contributed by atoms with E-state index >= 15 is 0 Å². The molecule has 0 bridgehead atoms. The van der Waals surface area contributed by atoms with Crippen LogP contribution in [-0.4, -0.2) is 36.2 Å². The molecule has 0 unspecified atom stereocenters. The predicted octanol–water partition coefficient (Wildman–Crippen LogP) is 4.07. The van der Waals surface area contributed by atoms with E-state index in [0.717, 1.165) is 12.8 Å². The Morgan fingerprint density at radius 1 is 1.30 bits per heavy atom. The molecule has 1 N–H and O–H groups in total. The summed E-state index contributed by atoms with van der Waals surface area (Å²) in [6.45, 7) is 6.12. The number of ether oxygens (including phenoxy) is 1. The van der Waals surface area contributed by atoms with Gasteiger partial charge in [0, 0.05) is 18.7 Å². The molecular formula is C22H29NO4. The number of nitrogens with zero attached hydrogens (tertiary/aromatic N) is 1. The highest BCUT2D eigenvalue weighted by Gasteiger charge is 2.47. The number of aliphatic hydroxyl groups is 1. The summed E-state index contributed by atoms with van der Waals surface area (Å²) < 4.78 is 4.87. The Labute approximate surface area is 161 Å². The van der Waals surface area contributed by atoms with Gasteiger partial charge in [0.05, 0.1) is 12.7 Å². The van der Waals surface area contributed by atoms with E-state index < -0.39 is 17.3 Å². The Morgan fingerprint density at radius 3 is 2.56 bits per heavy atom. The maximum absolute atomic E-state index is 12.8. The third-order valence-corrected chi connectivity index (χ3v) is 4.96. The molecule has 5 heteroatoms. The van der Waals surface area contributed by atoms with Crippen molar-refractivity contribution >= 4 is 17.5 Å². The molecule has 1 aromatic carbocycles. The molecule has 0 radical (unpaired) electrons. The topological polar surface area (TPSA) is 76.0 Å². The van der Waals surface area contributed by atoms with Crippen LogP contribution >= 0.6 is 0 Å². The van der Waals surface area contributed by atoms with Gasteiger partial charge in [-0.15, -0.1) is 0 Å². The smallest absolute Gasteiger partial charge is 0.316 e. The van der Waals surface area contributed by atoms with E-state index in [2.05, 4.69) is 4.99 Å². The van der Waals surface area contributed by atoms with Crippen LogP contribution in [0.3, 0.4) is 0 Å². The fourth-order valence-electron chi connectivity index (χ4n) is 3.60. The van der Waals surface area contributed by atoms with E-state index in [1.165, 1.54) is 12.7 Å². The Hall–Kier alpha value is -2.43. The van der Waals surface area contributed by atoms with E-state index in [9.17, 15) is 14.7 Å². The van der Waals surface area contributed by atoms with Crippen molar-refractivity contribution in [1.82, 2.24) is 0 Å². The van der Waals surface area contributed by atoms with E-state index in [-0.39, 0.29) is 23.5 Å². The molecule has 27 heavy (non-hydrogen) atoms. The SMILES string of the molecule is CCCC(=NCCc1ccccc1)C1=C(O)[C@@H](C(=O)OC)C(C)(C)CC1=O. The maximum atomic E-state index is 12.8. The lowest BCUT2D eigenvalue weighted by atomic mass is 9.67. The molecule has 146 valence electrons.